The van der Waals surface area contributed by atoms with Crippen molar-refractivity contribution in [2.24, 2.45) is 5.41 Å². The fraction of sp³-hybridized carbons (Fsp3) is 0.600. The van der Waals surface area contributed by atoms with Gasteiger partial charge in [-0.2, -0.15) is 12.6 Å². The van der Waals surface area contributed by atoms with E-state index < -0.39 is 0 Å². The van der Waals surface area contributed by atoms with Gasteiger partial charge in [-0.05, 0) is 42.2 Å². The quantitative estimate of drug-likeness (QED) is 0.853. The van der Waals surface area contributed by atoms with Crippen LogP contribution in [-0.2, 0) is 0 Å². The molecule has 1 aromatic carbocycles. The molecule has 0 aromatic heterocycles. The number of halogens is 1. The third-order valence-electron chi connectivity index (χ3n) is 4.40. The molecule has 1 aliphatic carbocycles. The van der Waals surface area contributed by atoms with Crippen molar-refractivity contribution < 1.29 is 0 Å². The van der Waals surface area contributed by atoms with Gasteiger partial charge in [0.25, 0.3) is 0 Å². The molecule has 0 N–H and O–H groups in total. The van der Waals surface area contributed by atoms with Gasteiger partial charge in [0.1, 0.15) is 0 Å². The molecule has 3 rings (SSSR count). The van der Waals surface area contributed by atoms with Gasteiger partial charge < -0.3 is 4.90 Å². The zero-order chi connectivity index (χ0) is 13.3. The molecule has 0 atom stereocenters. The molecule has 1 saturated heterocycles. The van der Waals surface area contributed by atoms with Crippen molar-refractivity contribution in [3.8, 4) is 0 Å². The van der Waals surface area contributed by atoms with Gasteiger partial charge in [-0.25, -0.2) is 0 Å². The molecule has 4 heteroatoms. The third kappa shape index (κ3) is 3.21. The van der Waals surface area contributed by atoms with Gasteiger partial charge in [-0.3, -0.25) is 4.90 Å². The molecule has 1 saturated carbocycles. The van der Waals surface area contributed by atoms with Crippen LogP contribution < -0.4 is 4.90 Å². The summed E-state index contributed by atoms with van der Waals surface area (Å²) >= 11 is 10.6. The maximum atomic E-state index is 6.06. The summed E-state index contributed by atoms with van der Waals surface area (Å²) in [7, 11) is 0. The van der Waals surface area contributed by atoms with Crippen molar-refractivity contribution in [2.75, 3.05) is 43.4 Å². The lowest BCUT2D eigenvalue weighted by atomic mass is 10.1. The topological polar surface area (TPSA) is 6.48 Å². The number of piperazine rings is 1. The van der Waals surface area contributed by atoms with Gasteiger partial charge >= 0.3 is 0 Å². The first kappa shape index (κ1) is 13.6. The Morgan fingerprint density at radius 1 is 1.16 bits per heavy atom. The van der Waals surface area contributed by atoms with Crippen LogP contribution in [0.2, 0.25) is 5.02 Å². The molecular formula is C15H21ClN2S. The van der Waals surface area contributed by atoms with Gasteiger partial charge in [0, 0.05) is 43.4 Å². The molecule has 0 bridgehead atoms. The highest BCUT2D eigenvalue weighted by atomic mass is 35.5. The lowest BCUT2D eigenvalue weighted by Crippen LogP contribution is -2.48. The number of benzene rings is 1. The minimum atomic E-state index is 0.543. The van der Waals surface area contributed by atoms with Crippen LogP contribution >= 0.6 is 24.2 Å². The van der Waals surface area contributed by atoms with E-state index in [4.69, 9.17) is 11.6 Å². The number of hydrogen-bond acceptors (Lipinski definition) is 3. The Balaban J connectivity index is 1.55. The van der Waals surface area contributed by atoms with Crippen molar-refractivity contribution in [3.63, 3.8) is 0 Å². The molecule has 2 fully saturated rings. The Morgan fingerprint density at radius 3 is 2.47 bits per heavy atom. The van der Waals surface area contributed by atoms with Crippen LogP contribution in [0, 0.1) is 5.41 Å². The SMILES string of the molecule is SCC1(CN2CCN(c3cccc(Cl)c3)CC2)CC1. The maximum absolute atomic E-state index is 6.06. The largest absolute Gasteiger partial charge is 0.369 e. The van der Waals surface area contributed by atoms with Crippen molar-refractivity contribution in [2.45, 2.75) is 12.8 Å². The molecule has 1 heterocycles. The standard InChI is InChI=1S/C15H21ClN2S/c16-13-2-1-3-14(10-13)18-8-6-17(7-9-18)11-15(12-19)4-5-15/h1-3,10,19H,4-9,11-12H2. The smallest absolute Gasteiger partial charge is 0.0426 e. The molecule has 0 spiro atoms. The van der Waals surface area contributed by atoms with Crippen LogP contribution in [0.5, 0.6) is 0 Å². The van der Waals surface area contributed by atoms with Crippen LogP contribution in [0.4, 0.5) is 5.69 Å². The summed E-state index contributed by atoms with van der Waals surface area (Å²) in [5.41, 5.74) is 1.80. The van der Waals surface area contributed by atoms with Gasteiger partial charge in [-0.15, -0.1) is 0 Å². The van der Waals surface area contributed by atoms with Crippen LogP contribution in [0.1, 0.15) is 12.8 Å². The van der Waals surface area contributed by atoms with Crippen LogP contribution in [0.25, 0.3) is 0 Å². The van der Waals surface area contributed by atoms with E-state index in [0.29, 0.717) is 5.41 Å². The first-order valence-corrected chi connectivity index (χ1v) is 8.06. The second kappa shape index (κ2) is 5.55. The Kier molecular flexibility index (Phi) is 3.97. The summed E-state index contributed by atoms with van der Waals surface area (Å²) < 4.78 is 0. The van der Waals surface area contributed by atoms with E-state index in [1.807, 2.05) is 12.1 Å². The number of anilines is 1. The second-order valence-electron chi connectivity index (χ2n) is 5.90. The Bertz CT molecular complexity index is 440. The summed E-state index contributed by atoms with van der Waals surface area (Å²) in [4.78, 5) is 5.03. The fourth-order valence-corrected chi connectivity index (χ4v) is 3.46. The summed E-state index contributed by atoms with van der Waals surface area (Å²) in [6.45, 7) is 5.75. The van der Waals surface area contributed by atoms with Crippen LogP contribution in [0.3, 0.4) is 0 Å². The van der Waals surface area contributed by atoms with E-state index in [-0.39, 0.29) is 0 Å². The van der Waals surface area contributed by atoms with Crippen molar-refractivity contribution in [1.82, 2.24) is 4.90 Å². The number of nitrogens with zero attached hydrogens (tertiary/aromatic N) is 2. The Labute approximate surface area is 126 Å². The molecule has 1 aromatic rings. The van der Waals surface area contributed by atoms with Gasteiger partial charge in [-0.1, -0.05) is 17.7 Å². The van der Waals surface area contributed by atoms with Crippen molar-refractivity contribution >= 4 is 29.9 Å². The molecule has 1 aliphatic heterocycles. The number of rotatable bonds is 4. The highest BCUT2D eigenvalue weighted by Crippen LogP contribution is 2.47. The van der Waals surface area contributed by atoms with E-state index >= 15 is 0 Å². The normalized spacial score (nSPS) is 22.5. The third-order valence-corrected chi connectivity index (χ3v) is 5.30. The molecule has 2 aliphatic rings. The molecule has 0 unspecified atom stereocenters. The zero-order valence-corrected chi connectivity index (χ0v) is 12.8. The minimum absolute atomic E-state index is 0.543. The summed E-state index contributed by atoms with van der Waals surface area (Å²) in [5, 5.41) is 0.826. The average molecular weight is 297 g/mol. The monoisotopic (exact) mass is 296 g/mol. The van der Waals surface area contributed by atoms with Crippen LogP contribution in [0.15, 0.2) is 24.3 Å². The summed E-state index contributed by atoms with van der Waals surface area (Å²) in [6, 6.07) is 8.18. The average Bonchev–Trinajstić information content (AvgIpc) is 3.20. The van der Waals surface area contributed by atoms with E-state index in [9.17, 15) is 0 Å². The Morgan fingerprint density at radius 2 is 1.89 bits per heavy atom. The number of thiol groups is 1. The van der Waals surface area contributed by atoms with Crippen LogP contribution in [-0.4, -0.2) is 43.4 Å². The van der Waals surface area contributed by atoms with E-state index in [2.05, 4.69) is 34.6 Å². The van der Waals surface area contributed by atoms with E-state index in [1.165, 1.54) is 25.1 Å². The van der Waals surface area contributed by atoms with Gasteiger partial charge in [0.05, 0.1) is 0 Å². The molecule has 104 valence electrons. The minimum Gasteiger partial charge on any atom is -0.369 e. The molecule has 0 radical (unpaired) electrons. The molecular weight excluding hydrogens is 276 g/mol. The van der Waals surface area contributed by atoms with Crippen molar-refractivity contribution in [3.05, 3.63) is 29.3 Å². The van der Waals surface area contributed by atoms with Crippen molar-refractivity contribution in [1.29, 1.82) is 0 Å². The second-order valence-corrected chi connectivity index (χ2v) is 6.65. The lowest BCUT2D eigenvalue weighted by molar-refractivity contribution is 0.218. The van der Waals surface area contributed by atoms with Gasteiger partial charge in [0.2, 0.25) is 0 Å². The van der Waals surface area contributed by atoms with E-state index in [0.717, 1.165) is 37.0 Å². The van der Waals surface area contributed by atoms with Gasteiger partial charge in [0.15, 0.2) is 0 Å². The fourth-order valence-electron chi connectivity index (χ4n) is 2.85. The predicted octanol–water partition coefficient (Wildman–Crippen LogP) is 3.17. The highest BCUT2D eigenvalue weighted by molar-refractivity contribution is 7.80. The molecule has 0 amide bonds. The summed E-state index contributed by atoms with van der Waals surface area (Å²) in [6.07, 6.45) is 2.73. The zero-order valence-electron chi connectivity index (χ0n) is 11.2. The first-order chi connectivity index (χ1) is 9.21. The van der Waals surface area contributed by atoms with E-state index in [1.54, 1.807) is 0 Å². The lowest BCUT2D eigenvalue weighted by Gasteiger charge is -2.37. The maximum Gasteiger partial charge on any atom is 0.0426 e. The highest BCUT2D eigenvalue weighted by Gasteiger charge is 2.42. The predicted molar refractivity (Wildman–Crippen MR) is 85.6 cm³/mol. The molecule has 2 nitrogen and oxygen atoms in total. The number of hydrogen-bond donors (Lipinski definition) is 1. The first-order valence-electron chi connectivity index (χ1n) is 7.05. The summed E-state index contributed by atoms with van der Waals surface area (Å²) in [5.74, 6) is 1.04. The Hall–Kier alpha value is -0.380. The molecule has 19 heavy (non-hydrogen) atoms.